The molecule has 1 aromatic carbocycles. The van der Waals surface area contributed by atoms with Crippen molar-refractivity contribution in [2.24, 2.45) is 29.4 Å². The van der Waals surface area contributed by atoms with E-state index in [1.54, 1.807) is 19.9 Å². The largest absolute Gasteiger partial charge is 0.513 e. The maximum absolute atomic E-state index is 12.5. The lowest BCUT2D eigenvalue weighted by molar-refractivity contribution is -0.162. The Morgan fingerprint density at radius 3 is 1.78 bits per heavy atom. The van der Waals surface area contributed by atoms with E-state index in [1.165, 1.54) is 12.1 Å². The molecule has 5 atom stereocenters. The Bertz CT molecular complexity index is 995. The molecular weight excluding hydrogens is 534 g/mol. The van der Waals surface area contributed by atoms with Gasteiger partial charge in [-0.3, -0.25) is 9.59 Å². The first kappa shape index (κ1) is 35.7. The van der Waals surface area contributed by atoms with Gasteiger partial charge in [0, 0.05) is 0 Å². The Labute approximate surface area is 243 Å². The third-order valence-electron chi connectivity index (χ3n) is 6.67. The molecule has 11 heteroatoms. The van der Waals surface area contributed by atoms with Crippen molar-refractivity contribution in [3.05, 3.63) is 23.8 Å². The van der Waals surface area contributed by atoms with Crippen LogP contribution in [0, 0.1) is 23.7 Å². The smallest absolute Gasteiger partial charge is 0.461 e. The quantitative estimate of drug-likeness (QED) is 0.151. The molecule has 1 aromatic rings. The van der Waals surface area contributed by atoms with E-state index < -0.39 is 30.4 Å². The maximum atomic E-state index is 12.5. The molecule has 0 aromatic heterocycles. The second-order valence-corrected chi connectivity index (χ2v) is 10.9. The number of carbonyl (C=O) groups excluding carboxylic acids is 4. The SMILES string of the molecule is CCC(C)COC(=O)Oc1ccc(C[C@H](N)C(=O)OC[C@H](C)OC(=O)C(C)C(C)C)cc1OC(=O)OCC(C)CC. The highest BCUT2D eigenvalue weighted by atomic mass is 16.7. The minimum absolute atomic E-state index is 0.0222. The number of benzene rings is 1. The van der Waals surface area contributed by atoms with Crippen LogP contribution in [0.2, 0.25) is 0 Å². The van der Waals surface area contributed by atoms with E-state index >= 15 is 0 Å². The summed E-state index contributed by atoms with van der Waals surface area (Å²) in [6.45, 7) is 15.2. The third kappa shape index (κ3) is 13.7. The van der Waals surface area contributed by atoms with Gasteiger partial charge >= 0.3 is 24.2 Å². The van der Waals surface area contributed by atoms with Gasteiger partial charge in [0.1, 0.15) is 18.8 Å². The van der Waals surface area contributed by atoms with Crippen LogP contribution in [0.5, 0.6) is 11.5 Å². The lowest BCUT2D eigenvalue weighted by Gasteiger charge is -2.19. The topological polar surface area (TPSA) is 150 Å². The van der Waals surface area contributed by atoms with E-state index in [1.807, 2.05) is 41.5 Å². The van der Waals surface area contributed by atoms with Crippen LogP contribution in [0.15, 0.2) is 18.2 Å². The molecule has 0 amide bonds. The van der Waals surface area contributed by atoms with E-state index in [2.05, 4.69) is 0 Å². The Balaban J connectivity index is 2.89. The van der Waals surface area contributed by atoms with Gasteiger partial charge in [-0.25, -0.2) is 9.59 Å². The zero-order valence-electron chi connectivity index (χ0n) is 25.6. The summed E-state index contributed by atoms with van der Waals surface area (Å²) in [5.41, 5.74) is 6.56. The Morgan fingerprint density at radius 1 is 0.732 bits per heavy atom. The van der Waals surface area contributed by atoms with Crippen molar-refractivity contribution in [1.29, 1.82) is 0 Å². The number of hydrogen-bond acceptors (Lipinski definition) is 11. The minimum atomic E-state index is -1.06. The van der Waals surface area contributed by atoms with E-state index in [4.69, 9.17) is 34.2 Å². The molecule has 0 aliphatic rings. The fourth-order valence-electron chi connectivity index (χ4n) is 2.99. The first-order valence-electron chi connectivity index (χ1n) is 14.2. The van der Waals surface area contributed by atoms with E-state index in [-0.39, 0.29) is 67.4 Å². The molecule has 0 radical (unpaired) electrons. The molecule has 1 rings (SSSR count). The van der Waals surface area contributed by atoms with Crippen molar-refractivity contribution < 1.29 is 47.6 Å². The lowest BCUT2D eigenvalue weighted by Crippen LogP contribution is -2.36. The molecule has 41 heavy (non-hydrogen) atoms. The van der Waals surface area contributed by atoms with Crippen molar-refractivity contribution in [3.8, 4) is 11.5 Å². The third-order valence-corrected chi connectivity index (χ3v) is 6.67. The molecule has 0 saturated heterocycles. The molecule has 0 bridgehead atoms. The highest BCUT2D eigenvalue weighted by molar-refractivity contribution is 5.76. The van der Waals surface area contributed by atoms with Crippen LogP contribution in [0.3, 0.4) is 0 Å². The van der Waals surface area contributed by atoms with Gasteiger partial charge in [0.2, 0.25) is 0 Å². The van der Waals surface area contributed by atoms with Gasteiger partial charge in [-0.05, 0) is 48.8 Å². The van der Waals surface area contributed by atoms with Crippen molar-refractivity contribution in [3.63, 3.8) is 0 Å². The number of esters is 2. The number of ether oxygens (including phenoxy) is 6. The first-order valence-corrected chi connectivity index (χ1v) is 14.2. The number of carbonyl (C=O) groups is 4. The van der Waals surface area contributed by atoms with Crippen molar-refractivity contribution in [1.82, 2.24) is 0 Å². The fraction of sp³-hybridized carbons (Fsp3) is 0.667. The van der Waals surface area contributed by atoms with Gasteiger partial charge in [-0.1, -0.05) is 67.4 Å². The summed E-state index contributed by atoms with van der Waals surface area (Å²) in [5, 5.41) is 0. The summed E-state index contributed by atoms with van der Waals surface area (Å²) >= 11 is 0. The number of hydrogen-bond donors (Lipinski definition) is 1. The second kappa shape index (κ2) is 18.2. The van der Waals surface area contributed by atoms with E-state index in [0.717, 1.165) is 12.8 Å². The van der Waals surface area contributed by atoms with Crippen LogP contribution < -0.4 is 15.2 Å². The van der Waals surface area contributed by atoms with Crippen LogP contribution in [0.1, 0.15) is 73.8 Å². The second-order valence-electron chi connectivity index (χ2n) is 10.9. The molecule has 0 aliphatic carbocycles. The van der Waals surface area contributed by atoms with Crippen molar-refractivity contribution in [2.75, 3.05) is 19.8 Å². The first-order chi connectivity index (χ1) is 19.3. The number of rotatable bonds is 16. The predicted octanol–water partition coefficient (Wildman–Crippen LogP) is 5.45. The van der Waals surface area contributed by atoms with Crippen LogP contribution in [0.25, 0.3) is 0 Å². The van der Waals surface area contributed by atoms with Gasteiger partial charge in [0.15, 0.2) is 11.5 Å². The highest BCUT2D eigenvalue weighted by Crippen LogP contribution is 2.30. The maximum Gasteiger partial charge on any atom is 0.513 e. The van der Waals surface area contributed by atoms with Gasteiger partial charge in [0.25, 0.3) is 0 Å². The van der Waals surface area contributed by atoms with E-state index in [9.17, 15) is 19.2 Å². The standard InChI is InChI=1S/C30H47NO10/c1-9-19(5)15-37-29(34)40-25-12-11-23(14-26(25)41-30(35)38-16-20(6)10-2)13-24(31)28(33)36-17-21(7)39-27(32)22(8)18(3)4/h11-12,14,18-22,24H,9-10,13,15-17,31H2,1-8H3/t19?,20?,21-,22?,24-/m0/s1. The summed E-state index contributed by atoms with van der Waals surface area (Å²) in [6.07, 6.45) is -0.909. The summed E-state index contributed by atoms with van der Waals surface area (Å²) < 4.78 is 31.4. The zero-order chi connectivity index (χ0) is 31.1. The van der Waals surface area contributed by atoms with Crippen LogP contribution in [-0.4, -0.2) is 56.2 Å². The minimum Gasteiger partial charge on any atom is -0.461 e. The number of nitrogens with two attached hydrogens (primary N) is 1. The molecular formula is C30H47NO10. The van der Waals surface area contributed by atoms with Gasteiger partial charge in [-0.15, -0.1) is 0 Å². The van der Waals surface area contributed by atoms with Crippen molar-refractivity contribution >= 4 is 24.2 Å². The van der Waals surface area contributed by atoms with Gasteiger partial charge in [0.05, 0.1) is 19.1 Å². The zero-order valence-corrected chi connectivity index (χ0v) is 25.6. The molecule has 0 aliphatic heterocycles. The summed E-state index contributed by atoms with van der Waals surface area (Å²) in [5.74, 6) is -1.11. The average molecular weight is 582 g/mol. The molecule has 2 N–H and O–H groups in total. The van der Waals surface area contributed by atoms with Crippen LogP contribution >= 0.6 is 0 Å². The normalized spacial score (nSPS) is 14.7. The average Bonchev–Trinajstić information content (AvgIpc) is 2.93. The molecule has 0 fully saturated rings. The molecule has 0 spiro atoms. The highest BCUT2D eigenvalue weighted by Gasteiger charge is 2.23. The molecule has 0 heterocycles. The van der Waals surface area contributed by atoms with E-state index in [0.29, 0.717) is 5.56 Å². The lowest BCUT2D eigenvalue weighted by atomic mass is 9.98. The summed E-state index contributed by atoms with van der Waals surface area (Å²) in [4.78, 5) is 49.2. The predicted molar refractivity (Wildman–Crippen MR) is 151 cm³/mol. The fourth-order valence-corrected chi connectivity index (χ4v) is 2.99. The van der Waals surface area contributed by atoms with Crippen LogP contribution in [0.4, 0.5) is 9.59 Å². The Kier molecular flexibility index (Phi) is 15.8. The van der Waals surface area contributed by atoms with Gasteiger partial charge < -0.3 is 34.2 Å². The summed E-state index contributed by atoms with van der Waals surface area (Å²) in [6, 6.07) is 3.34. The summed E-state index contributed by atoms with van der Waals surface area (Å²) in [7, 11) is 0. The molecule has 11 nitrogen and oxygen atoms in total. The molecule has 232 valence electrons. The molecule has 3 unspecified atom stereocenters. The Morgan fingerprint density at radius 2 is 1.27 bits per heavy atom. The van der Waals surface area contributed by atoms with Crippen LogP contribution in [-0.2, 0) is 35.0 Å². The Hall–Kier alpha value is -3.34. The van der Waals surface area contributed by atoms with Crippen molar-refractivity contribution in [2.45, 2.75) is 86.8 Å². The monoisotopic (exact) mass is 581 g/mol. The van der Waals surface area contributed by atoms with Gasteiger partial charge in [-0.2, -0.15) is 0 Å². The molecule has 0 saturated carbocycles.